The normalized spacial score (nSPS) is 10.8. The molecule has 0 aliphatic heterocycles. The smallest absolute Gasteiger partial charge is 0.225 e. The van der Waals surface area contributed by atoms with Crippen LogP contribution in [0.2, 0.25) is 5.28 Å². The van der Waals surface area contributed by atoms with Crippen molar-refractivity contribution in [3.05, 3.63) is 52.9 Å². The summed E-state index contributed by atoms with van der Waals surface area (Å²) in [6.45, 7) is 3.81. The number of para-hydroxylation sites is 1. The van der Waals surface area contributed by atoms with Gasteiger partial charge in [-0.25, -0.2) is 4.98 Å². The first kappa shape index (κ1) is 12.6. The maximum absolute atomic E-state index is 5.80. The summed E-state index contributed by atoms with van der Waals surface area (Å²) in [7, 11) is 0. The Morgan fingerprint density at radius 1 is 1.22 bits per heavy atom. The predicted octanol–water partition coefficient (Wildman–Crippen LogP) is 4.26. The first-order chi connectivity index (χ1) is 8.69. The van der Waals surface area contributed by atoms with Gasteiger partial charge in [-0.1, -0.05) is 30.4 Å². The van der Waals surface area contributed by atoms with Gasteiger partial charge in [-0.3, -0.25) is 0 Å². The van der Waals surface area contributed by atoms with Gasteiger partial charge in [-0.2, -0.15) is 4.98 Å². The number of hydrogen-bond donors (Lipinski definition) is 0. The Balaban J connectivity index is 2.33. The van der Waals surface area contributed by atoms with Crippen molar-refractivity contribution in [2.75, 3.05) is 0 Å². The second kappa shape index (κ2) is 5.65. The van der Waals surface area contributed by atoms with Crippen molar-refractivity contribution in [3.8, 4) is 11.6 Å². The predicted molar refractivity (Wildman–Crippen MR) is 73.0 cm³/mol. The molecule has 1 heterocycles. The lowest BCUT2D eigenvalue weighted by Gasteiger charge is -2.08. The lowest BCUT2D eigenvalue weighted by atomic mass is 10.2. The maximum Gasteiger partial charge on any atom is 0.225 e. The molecule has 2 aromatic rings. The molecule has 0 unspecified atom stereocenters. The van der Waals surface area contributed by atoms with Crippen LogP contribution in [0.4, 0.5) is 0 Å². The first-order valence-corrected chi connectivity index (χ1v) is 5.97. The average molecular weight is 261 g/mol. The number of benzene rings is 1. The van der Waals surface area contributed by atoms with Gasteiger partial charge in [0.2, 0.25) is 11.2 Å². The Morgan fingerprint density at radius 3 is 2.72 bits per heavy atom. The van der Waals surface area contributed by atoms with Crippen LogP contribution in [0.3, 0.4) is 0 Å². The molecular formula is C14H13ClN2O. The lowest BCUT2D eigenvalue weighted by Crippen LogP contribution is -1.93. The van der Waals surface area contributed by atoms with Crippen molar-refractivity contribution >= 4 is 17.7 Å². The van der Waals surface area contributed by atoms with E-state index in [1.165, 1.54) is 0 Å². The fourth-order valence-electron chi connectivity index (χ4n) is 1.56. The molecular weight excluding hydrogens is 248 g/mol. The number of aryl methyl sites for hydroxylation is 1. The van der Waals surface area contributed by atoms with E-state index in [1.54, 1.807) is 6.07 Å². The summed E-state index contributed by atoms with van der Waals surface area (Å²) < 4.78 is 5.74. The molecule has 0 bridgehead atoms. The molecule has 0 amide bonds. The molecule has 1 aromatic carbocycles. The van der Waals surface area contributed by atoms with Crippen molar-refractivity contribution < 1.29 is 4.74 Å². The van der Waals surface area contributed by atoms with E-state index in [-0.39, 0.29) is 5.28 Å². The van der Waals surface area contributed by atoms with E-state index in [1.807, 2.05) is 50.3 Å². The highest BCUT2D eigenvalue weighted by atomic mass is 35.5. The Bertz CT molecular complexity index is 562. The molecule has 0 N–H and O–H groups in total. The monoisotopic (exact) mass is 260 g/mol. The number of halogens is 1. The standard InChI is InChI=1S/C14H13ClN2O/c1-3-6-11-7-4-5-8-12(11)18-13-9-10(2)16-14(15)17-13/h3-9H,1-2H3/b6-3+. The van der Waals surface area contributed by atoms with Crippen LogP contribution in [0, 0.1) is 6.92 Å². The summed E-state index contributed by atoms with van der Waals surface area (Å²) in [5.74, 6) is 1.19. The highest BCUT2D eigenvalue weighted by molar-refractivity contribution is 6.28. The van der Waals surface area contributed by atoms with Gasteiger partial charge in [-0.15, -0.1) is 0 Å². The van der Waals surface area contributed by atoms with Crippen molar-refractivity contribution in [2.24, 2.45) is 0 Å². The van der Waals surface area contributed by atoms with Crippen LogP contribution in [0.1, 0.15) is 18.2 Å². The molecule has 0 aliphatic carbocycles. The fraction of sp³-hybridized carbons (Fsp3) is 0.143. The summed E-state index contributed by atoms with van der Waals surface area (Å²) in [6.07, 6.45) is 3.94. The zero-order valence-electron chi connectivity index (χ0n) is 10.2. The summed E-state index contributed by atoms with van der Waals surface area (Å²) in [4.78, 5) is 8.03. The van der Waals surface area contributed by atoms with Crippen LogP contribution in [0.25, 0.3) is 6.08 Å². The van der Waals surface area contributed by atoms with E-state index in [0.29, 0.717) is 5.88 Å². The topological polar surface area (TPSA) is 35.0 Å². The number of ether oxygens (including phenoxy) is 1. The second-order valence-corrected chi connectivity index (χ2v) is 4.09. The Morgan fingerprint density at radius 2 is 2.00 bits per heavy atom. The van der Waals surface area contributed by atoms with Gasteiger partial charge in [0.1, 0.15) is 5.75 Å². The number of nitrogens with zero attached hydrogens (tertiary/aromatic N) is 2. The van der Waals surface area contributed by atoms with Gasteiger partial charge in [0.25, 0.3) is 0 Å². The number of rotatable bonds is 3. The molecule has 3 nitrogen and oxygen atoms in total. The van der Waals surface area contributed by atoms with Crippen LogP contribution in [0.15, 0.2) is 36.4 Å². The van der Waals surface area contributed by atoms with Crippen LogP contribution in [-0.2, 0) is 0 Å². The van der Waals surface area contributed by atoms with E-state index in [4.69, 9.17) is 16.3 Å². The molecule has 0 radical (unpaired) electrons. The second-order valence-electron chi connectivity index (χ2n) is 3.76. The summed E-state index contributed by atoms with van der Waals surface area (Å²) in [5.41, 5.74) is 1.76. The average Bonchev–Trinajstić information content (AvgIpc) is 2.30. The SMILES string of the molecule is C/C=C/c1ccccc1Oc1cc(C)nc(Cl)n1. The zero-order chi connectivity index (χ0) is 13.0. The maximum atomic E-state index is 5.80. The molecule has 0 atom stereocenters. The molecule has 0 aliphatic rings. The minimum absolute atomic E-state index is 0.188. The fourth-order valence-corrected chi connectivity index (χ4v) is 1.78. The largest absolute Gasteiger partial charge is 0.438 e. The third-order valence-electron chi connectivity index (χ3n) is 2.28. The van der Waals surface area contributed by atoms with Gasteiger partial charge >= 0.3 is 0 Å². The van der Waals surface area contributed by atoms with Crippen molar-refractivity contribution in [1.82, 2.24) is 9.97 Å². The molecule has 4 heteroatoms. The van der Waals surface area contributed by atoms with Gasteiger partial charge in [-0.05, 0) is 31.5 Å². The molecule has 18 heavy (non-hydrogen) atoms. The van der Waals surface area contributed by atoms with Gasteiger partial charge in [0, 0.05) is 17.3 Å². The van der Waals surface area contributed by atoms with Crippen molar-refractivity contribution in [2.45, 2.75) is 13.8 Å². The van der Waals surface area contributed by atoms with Crippen molar-refractivity contribution in [3.63, 3.8) is 0 Å². The minimum Gasteiger partial charge on any atom is -0.438 e. The number of aromatic nitrogens is 2. The minimum atomic E-state index is 0.188. The van der Waals surface area contributed by atoms with Crippen LogP contribution < -0.4 is 4.74 Å². The molecule has 0 saturated heterocycles. The highest BCUT2D eigenvalue weighted by Crippen LogP contribution is 2.25. The zero-order valence-corrected chi connectivity index (χ0v) is 11.0. The van der Waals surface area contributed by atoms with Gasteiger partial charge in [0.15, 0.2) is 0 Å². The van der Waals surface area contributed by atoms with E-state index >= 15 is 0 Å². The van der Waals surface area contributed by atoms with Crippen LogP contribution in [-0.4, -0.2) is 9.97 Å². The third-order valence-corrected chi connectivity index (χ3v) is 2.45. The van der Waals surface area contributed by atoms with E-state index in [0.717, 1.165) is 17.0 Å². The first-order valence-electron chi connectivity index (χ1n) is 5.60. The Kier molecular flexibility index (Phi) is 3.95. The Labute approximate surface area is 111 Å². The number of allylic oxidation sites excluding steroid dienone is 1. The van der Waals surface area contributed by atoms with E-state index < -0.39 is 0 Å². The highest BCUT2D eigenvalue weighted by Gasteiger charge is 2.05. The number of hydrogen-bond acceptors (Lipinski definition) is 3. The quantitative estimate of drug-likeness (QED) is 0.774. The van der Waals surface area contributed by atoms with Crippen molar-refractivity contribution in [1.29, 1.82) is 0 Å². The molecule has 0 saturated carbocycles. The summed E-state index contributed by atoms with van der Waals surface area (Å²) >= 11 is 5.80. The Hall–Kier alpha value is -1.87. The lowest BCUT2D eigenvalue weighted by molar-refractivity contribution is 0.460. The van der Waals surface area contributed by atoms with Crippen LogP contribution in [0.5, 0.6) is 11.6 Å². The molecule has 0 fully saturated rings. The van der Waals surface area contributed by atoms with Gasteiger partial charge < -0.3 is 4.74 Å². The third kappa shape index (κ3) is 3.08. The van der Waals surface area contributed by atoms with Gasteiger partial charge in [0.05, 0.1) is 0 Å². The molecule has 2 rings (SSSR count). The van der Waals surface area contributed by atoms with E-state index in [9.17, 15) is 0 Å². The molecule has 0 spiro atoms. The van der Waals surface area contributed by atoms with E-state index in [2.05, 4.69) is 9.97 Å². The van der Waals surface area contributed by atoms with Crippen LogP contribution >= 0.6 is 11.6 Å². The summed E-state index contributed by atoms with van der Waals surface area (Å²) in [6, 6.07) is 9.49. The molecule has 92 valence electrons. The molecule has 1 aromatic heterocycles. The summed E-state index contributed by atoms with van der Waals surface area (Å²) in [5, 5.41) is 0.188.